The lowest BCUT2D eigenvalue weighted by Gasteiger charge is -2.39. The number of ketones is 1. The Morgan fingerprint density at radius 1 is 1.47 bits per heavy atom. The first kappa shape index (κ1) is 12.3. The fourth-order valence-electron chi connectivity index (χ4n) is 2.80. The van der Waals surface area contributed by atoms with Crippen molar-refractivity contribution in [1.29, 1.82) is 0 Å². The van der Waals surface area contributed by atoms with E-state index in [0.29, 0.717) is 23.0 Å². The Kier molecular flexibility index (Phi) is 3.97. The van der Waals surface area contributed by atoms with Crippen LogP contribution < -0.4 is 0 Å². The molecule has 0 aromatic rings. The van der Waals surface area contributed by atoms with Crippen LogP contribution in [-0.4, -0.2) is 5.78 Å². The van der Waals surface area contributed by atoms with Crippen LogP contribution in [0.4, 0.5) is 0 Å². The molecule has 0 amide bonds. The molecule has 1 rings (SSSR count). The average Bonchev–Trinajstić information content (AvgIpc) is 2.12. The van der Waals surface area contributed by atoms with E-state index in [0.717, 1.165) is 32.1 Å². The zero-order valence-corrected chi connectivity index (χ0v) is 10.2. The molecule has 1 aliphatic carbocycles. The normalized spacial score (nSPS) is 27.5. The van der Waals surface area contributed by atoms with Crippen LogP contribution >= 0.6 is 0 Å². The number of hydrogen-bond acceptors (Lipinski definition) is 1. The molecule has 0 radical (unpaired) electrons. The van der Waals surface area contributed by atoms with Crippen molar-refractivity contribution >= 4 is 5.78 Å². The van der Waals surface area contributed by atoms with Crippen LogP contribution in [0.3, 0.4) is 0 Å². The largest absolute Gasteiger partial charge is 0.300 e. The zero-order valence-electron chi connectivity index (χ0n) is 10.2. The molecule has 1 fully saturated rings. The molecule has 15 heavy (non-hydrogen) atoms. The Hall–Kier alpha value is -0.770. The number of terminal acetylenes is 1. The summed E-state index contributed by atoms with van der Waals surface area (Å²) in [5, 5.41) is 0. The van der Waals surface area contributed by atoms with Gasteiger partial charge in [0.25, 0.3) is 0 Å². The summed E-state index contributed by atoms with van der Waals surface area (Å²) in [4.78, 5) is 11.5. The average molecular weight is 206 g/mol. The quantitative estimate of drug-likeness (QED) is 0.633. The van der Waals surface area contributed by atoms with E-state index in [4.69, 9.17) is 6.42 Å². The summed E-state index contributed by atoms with van der Waals surface area (Å²) in [7, 11) is 0. The molecule has 84 valence electrons. The van der Waals surface area contributed by atoms with Crippen molar-refractivity contribution in [2.75, 3.05) is 0 Å². The fraction of sp³-hybridized carbons (Fsp3) is 0.786. The number of carbonyl (C=O) groups excluding carboxylic acids is 1. The van der Waals surface area contributed by atoms with Gasteiger partial charge in [-0.05, 0) is 30.1 Å². The van der Waals surface area contributed by atoms with Gasteiger partial charge < -0.3 is 0 Å². The SMILES string of the molecule is C#CCCC1CC(=O)CCC1C(C)(C)C. The van der Waals surface area contributed by atoms with Gasteiger partial charge in [0.2, 0.25) is 0 Å². The fourth-order valence-corrected chi connectivity index (χ4v) is 2.80. The van der Waals surface area contributed by atoms with Crippen molar-refractivity contribution in [2.24, 2.45) is 17.3 Å². The number of hydrogen-bond donors (Lipinski definition) is 0. The Morgan fingerprint density at radius 3 is 2.67 bits per heavy atom. The van der Waals surface area contributed by atoms with Crippen molar-refractivity contribution in [3.05, 3.63) is 0 Å². The summed E-state index contributed by atoms with van der Waals surface area (Å²) >= 11 is 0. The van der Waals surface area contributed by atoms with Crippen LogP contribution in [0.15, 0.2) is 0 Å². The second-order valence-corrected chi connectivity index (χ2v) is 5.76. The van der Waals surface area contributed by atoms with Gasteiger partial charge in [0.1, 0.15) is 5.78 Å². The van der Waals surface area contributed by atoms with Crippen LogP contribution in [0.1, 0.15) is 52.9 Å². The van der Waals surface area contributed by atoms with Crippen molar-refractivity contribution in [3.8, 4) is 12.3 Å². The highest BCUT2D eigenvalue weighted by Crippen LogP contribution is 2.42. The smallest absolute Gasteiger partial charge is 0.133 e. The second kappa shape index (κ2) is 4.84. The van der Waals surface area contributed by atoms with Crippen LogP contribution in [0, 0.1) is 29.6 Å². The molecule has 2 atom stereocenters. The highest BCUT2D eigenvalue weighted by Gasteiger charge is 2.36. The minimum absolute atomic E-state index is 0.306. The standard InChI is InChI=1S/C14H22O/c1-5-6-7-11-10-12(15)8-9-13(11)14(2,3)4/h1,11,13H,6-10H2,2-4H3. The molecule has 0 heterocycles. The van der Waals surface area contributed by atoms with Crippen LogP contribution in [0.5, 0.6) is 0 Å². The predicted octanol–water partition coefficient (Wildman–Crippen LogP) is 3.43. The molecule has 1 heteroatoms. The van der Waals surface area contributed by atoms with Crippen molar-refractivity contribution in [2.45, 2.75) is 52.9 Å². The molecular weight excluding hydrogens is 184 g/mol. The molecule has 0 aliphatic heterocycles. The minimum Gasteiger partial charge on any atom is -0.300 e. The molecule has 0 N–H and O–H groups in total. The van der Waals surface area contributed by atoms with Gasteiger partial charge in [0.15, 0.2) is 0 Å². The second-order valence-electron chi connectivity index (χ2n) is 5.76. The number of carbonyl (C=O) groups is 1. The van der Waals surface area contributed by atoms with E-state index in [1.54, 1.807) is 0 Å². The Morgan fingerprint density at radius 2 is 2.13 bits per heavy atom. The van der Waals surface area contributed by atoms with E-state index in [1.807, 2.05) is 0 Å². The highest BCUT2D eigenvalue weighted by atomic mass is 16.1. The molecule has 0 spiro atoms. The van der Waals surface area contributed by atoms with Gasteiger partial charge in [-0.1, -0.05) is 20.8 Å². The maximum absolute atomic E-state index is 11.5. The van der Waals surface area contributed by atoms with Gasteiger partial charge >= 0.3 is 0 Å². The maximum Gasteiger partial charge on any atom is 0.133 e. The summed E-state index contributed by atoms with van der Waals surface area (Å²) in [5.41, 5.74) is 0.306. The van der Waals surface area contributed by atoms with Crippen molar-refractivity contribution in [1.82, 2.24) is 0 Å². The summed E-state index contributed by atoms with van der Waals surface area (Å²) in [5.74, 6) is 4.29. The van der Waals surface area contributed by atoms with Gasteiger partial charge in [0, 0.05) is 19.3 Å². The van der Waals surface area contributed by atoms with Crippen molar-refractivity contribution < 1.29 is 4.79 Å². The lowest BCUT2D eigenvalue weighted by Crippen LogP contribution is -2.34. The van der Waals surface area contributed by atoms with Gasteiger partial charge in [-0.25, -0.2) is 0 Å². The van der Waals surface area contributed by atoms with Crippen molar-refractivity contribution in [3.63, 3.8) is 0 Å². The summed E-state index contributed by atoms with van der Waals surface area (Å²) in [6.45, 7) is 6.82. The van der Waals surface area contributed by atoms with Gasteiger partial charge in [0.05, 0.1) is 0 Å². The Labute approximate surface area is 93.6 Å². The lowest BCUT2D eigenvalue weighted by atomic mass is 9.65. The molecule has 0 bridgehead atoms. The van der Waals surface area contributed by atoms with Crippen LogP contribution in [0.2, 0.25) is 0 Å². The van der Waals surface area contributed by atoms with E-state index < -0.39 is 0 Å². The van der Waals surface area contributed by atoms with E-state index in [-0.39, 0.29) is 0 Å². The third-order valence-electron chi connectivity index (χ3n) is 3.56. The predicted molar refractivity (Wildman–Crippen MR) is 63.4 cm³/mol. The highest BCUT2D eigenvalue weighted by molar-refractivity contribution is 5.79. The van der Waals surface area contributed by atoms with E-state index in [1.165, 1.54) is 0 Å². The molecule has 1 aliphatic rings. The van der Waals surface area contributed by atoms with Crippen LogP contribution in [0.25, 0.3) is 0 Å². The molecule has 1 nitrogen and oxygen atoms in total. The van der Waals surface area contributed by atoms with E-state index >= 15 is 0 Å². The summed E-state index contributed by atoms with van der Waals surface area (Å²) < 4.78 is 0. The van der Waals surface area contributed by atoms with Crippen LogP contribution in [-0.2, 0) is 4.79 Å². The summed E-state index contributed by atoms with van der Waals surface area (Å²) in [6.07, 6.45) is 9.71. The first-order valence-corrected chi connectivity index (χ1v) is 5.90. The van der Waals surface area contributed by atoms with E-state index in [9.17, 15) is 4.79 Å². The minimum atomic E-state index is 0.306. The molecule has 0 aromatic heterocycles. The Bertz CT molecular complexity index is 264. The third-order valence-corrected chi connectivity index (χ3v) is 3.56. The monoisotopic (exact) mass is 206 g/mol. The van der Waals surface area contributed by atoms with E-state index in [2.05, 4.69) is 26.7 Å². The van der Waals surface area contributed by atoms with Gasteiger partial charge in [-0.2, -0.15) is 0 Å². The Balaban J connectivity index is 2.67. The lowest BCUT2D eigenvalue weighted by molar-refractivity contribution is -0.124. The number of rotatable bonds is 2. The first-order chi connectivity index (χ1) is 6.95. The maximum atomic E-state index is 11.5. The molecule has 0 aromatic carbocycles. The molecule has 1 saturated carbocycles. The van der Waals surface area contributed by atoms with Gasteiger partial charge in [-0.15, -0.1) is 12.3 Å². The third kappa shape index (κ3) is 3.38. The number of Topliss-reactive ketones (excluding diaryl/α,β-unsaturated/α-hetero) is 1. The first-order valence-electron chi connectivity index (χ1n) is 5.90. The topological polar surface area (TPSA) is 17.1 Å². The van der Waals surface area contributed by atoms with Gasteiger partial charge in [-0.3, -0.25) is 4.79 Å². The molecular formula is C14H22O. The summed E-state index contributed by atoms with van der Waals surface area (Å²) in [6, 6.07) is 0. The zero-order chi connectivity index (χ0) is 11.5. The molecule has 2 unspecified atom stereocenters. The molecule has 0 saturated heterocycles.